The number of nitrogens with zero attached hydrogens (tertiary/aromatic N) is 1. The minimum Gasteiger partial charge on any atom is -0.493 e. The molecule has 1 aliphatic heterocycles. The molecule has 1 heterocycles. The van der Waals surface area contributed by atoms with Crippen LogP contribution in [-0.4, -0.2) is 47.7 Å². The predicted molar refractivity (Wildman–Crippen MR) is 143 cm³/mol. The Balaban J connectivity index is 1.70. The van der Waals surface area contributed by atoms with Gasteiger partial charge in [-0.15, -0.1) is 0 Å². The van der Waals surface area contributed by atoms with Gasteiger partial charge in [-0.2, -0.15) is 0 Å². The molecule has 0 aliphatic carbocycles. The first kappa shape index (κ1) is 27.8. The van der Waals surface area contributed by atoms with E-state index in [1.807, 2.05) is 19.9 Å². The van der Waals surface area contributed by atoms with Crippen LogP contribution in [-0.2, 0) is 14.3 Å². The van der Waals surface area contributed by atoms with Crippen LogP contribution >= 0.6 is 39.3 Å². The first-order valence-corrected chi connectivity index (χ1v) is 13.2. The van der Waals surface area contributed by atoms with E-state index >= 15 is 0 Å². The molecule has 0 bridgehead atoms. The van der Waals surface area contributed by atoms with Crippen LogP contribution in [0.2, 0.25) is 5.02 Å². The maximum absolute atomic E-state index is 12.9. The molecule has 190 valence electrons. The van der Waals surface area contributed by atoms with Crippen molar-refractivity contribution in [3.63, 3.8) is 0 Å². The summed E-state index contributed by atoms with van der Waals surface area (Å²) < 4.78 is 11.6. The Kier molecular flexibility index (Phi) is 9.98. The Morgan fingerprint density at radius 2 is 1.94 bits per heavy atom. The van der Waals surface area contributed by atoms with Gasteiger partial charge < -0.3 is 14.8 Å². The van der Waals surface area contributed by atoms with Crippen molar-refractivity contribution >= 4 is 74.1 Å². The number of rotatable bonds is 10. The second-order valence-corrected chi connectivity index (χ2v) is 9.93. The number of nitrogens with one attached hydrogen (secondary N) is 1. The molecule has 3 amide bonds. The fourth-order valence-corrected chi connectivity index (χ4v) is 4.59. The number of hydrogen-bond acceptors (Lipinski definition) is 7. The van der Waals surface area contributed by atoms with Crippen molar-refractivity contribution in [3.8, 4) is 5.75 Å². The second kappa shape index (κ2) is 12.9. The Morgan fingerprint density at radius 1 is 1.17 bits per heavy atom. The van der Waals surface area contributed by atoms with Crippen molar-refractivity contribution in [3.05, 3.63) is 61.9 Å². The number of halogens is 2. The maximum Gasteiger partial charge on any atom is 0.339 e. The van der Waals surface area contributed by atoms with E-state index in [0.29, 0.717) is 17.9 Å². The van der Waals surface area contributed by atoms with Gasteiger partial charge in [0, 0.05) is 15.7 Å². The molecule has 0 radical (unpaired) electrons. The summed E-state index contributed by atoms with van der Waals surface area (Å²) in [6.45, 7) is 4.03. The van der Waals surface area contributed by atoms with Crippen molar-refractivity contribution < 1.29 is 28.7 Å². The lowest BCUT2D eigenvalue weighted by atomic mass is 10.2. The molecule has 0 unspecified atom stereocenters. The van der Waals surface area contributed by atoms with E-state index < -0.39 is 29.6 Å². The van der Waals surface area contributed by atoms with Gasteiger partial charge in [0.25, 0.3) is 11.1 Å². The molecule has 2 aromatic rings. The highest BCUT2D eigenvalue weighted by atomic mass is 79.9. The first-order chi connectivity index (χ1) is 17.2. The SMILES string of the molecule is CCCCOC(=O)c1cc(NC(=O)CN2C(=O)S/C(=C/c3cc(Br)ccc3OCC)C2=O)ccc1Cl. The van der Waals surface area contributed by atoms with E-state index in [4.69, 9.17) is 21.1 Å². The van der Waals surface area contributed by atoms with Gasteiger partial charge in [0.05, 0.1) is 28.7 Å². The summed E-state index contributed by atoms with van der Waals surface area (Å²) in [5.41, 5.74) is 1.02. The van der Waals surface area contributed by atoms with Crippen LogP contribution in [0.25, 0.3) is 6.08 Å². The highest BCUT2D eigenvalue weighted by Gasteiger charge is 2.36. The number of imide groups is 1. The van der Waals surface area contributed by atoms with E-state index in [0.717, 1.165) is 34.0 Å². The van der Waals surface area contributed by atoms with Crippen LogP contribution in [0, 0.1) is 0 Å². The molecule has 36 heavy (non-hydrogen) atoms. The van der Waals surface area contributed by atoms with E-state index in [-0.39, 0.29) is 27.8 Å². The van der Waals surface area contributed by atoms with E-state index in [2.05, 4.69) is 21.2 Å². The molecular formula is C25H24BrClN2O6S. The Labute approximate surface area is 226 Å². The summed E-state index contributed by atoms with van der Waals surface area (Å²) in [5.74, 6) is -1.22. The predicted octanol–water partition coefficient (Wildman–Crippen LogP) is 6.13. The highest BCUT2D eigenvalue weighted by molar-refractivity contribution is 9.10. The minimum absolute atomic E-state index is 0.110. The van der Waals surface area contributed by atoms with Crippen molar-refractivity contribution in [2.75, 3.05) is 25.1 Å². The zero-order chi connectivity index (χ0) is 26.2. The normalized spacial score (nSPS) is 14.3. The molecule has 0 spiro atoms. The average Bonchev–Trinajstić information content (AvgIpc) is 3.09. The summed E-state index contributed by atoms with van der Waals surface area (Å²) in [4.78, 5) is 51.3. The number of hydrogen-bond donors (Lipinski definition) is 1. The average molecular weight is 596 g/mol. The number of amides is 3. The van der Waals surface area contributed by atoms with Gasteiger partial charge in [0.1, 0.15) is 12.3 Å². The Morgan fingerprint density at radius 3 is 2.67 bits per heavy atom. The fraction of sp³-hybridized carbons (Fsp3) is 0.280. The lowest BCUT2D eigenvalue weighted by molar-refractivity contribution is -0.127. The second-order valence-electron chi connectivity index (χ2n) is 7.62. The van der Waals surface area contributed by atoms with Gasteiger partial charge in [-0.25, -0.2) is 4.79 Å². The van der Waals surface area contributed by atoms with Crippen molar-refractivity contribution in [2.24, 2.45) is 0 Å². The smallest absolute Gasteiger partial charge is 0.339 e. The van der Waals surface area contributed by atoms with Crippen LogP contribution in [0.4, 0.5) is 10.5 Å². The van der Waals surface area contributed by atoms with Crippen molar-refractivity contribution in [2.45, 2.75) is 26.7 Å². The molecule has 2 aromatic carbocycles. The van der Waals surface area contributed by atoms with Crippen LogP contribution in [0.1, 0.15) is 42.6 Å². The van der Waals surface area contributed by atoms with E-state index in [1.54, 1.807) is 18.2 Å². The summed E-state index contributed by atoms with van der Waals surface area (Å²) >= 11 is 10.2. The number of benzene rings is 2. The third-order valence-electron chi connectivity index (χ3n) is 4.93. The molecule has 0 saturated carbocycles. The molecule has 0 aromatic heterocycles. The van der Waals surface area contributed by atoms with Gasteiger partial charge in [0.15, 0.2) is 0 Å². The van der Waals surface area contributed by atoms with Gasteiger partial charge in [-0.1, -0.05) is 40.9 Å². The molecule has 1 saturated heterocycles. The topological polar surface area (TPSA) is 102 Å². The quantitative estimate of drug-likeness (QED) is 0.200. The number of thioether (sulfide) groups is 1. The fourth-order valence-electron chi connectivity index (χ4n) is 3.19. The van der Waals surface area contributed by atoms with Crippen LogP contribution in [0.5, 0.6) is 5.75 Å². The highest BCUT2D eigenvalue weighted by Crippen LogP contribution is 2.35. The molecule has 11 heteroatoms. The van der Waals surface area contributed by atoms with Crippen LogP contribution in [0.15, 0.2) is 45.8 Å². The first-order valence-electron chi connectivity index (χ1n) is 11.2. The van der Waals surface area contributed by atoms with Gasteiger partial charge >= 0.3 is 5.97 Å². The number of esters is 1. The van der Waals surface area contributed by atoms with Gasteiger partial charge in [0.2, 0.25) is 5.91 Å². The number of carbonyl (C=O) groups is 4. The molecular weight excluding hydrogens is 572 g/mol. The number of anilines is 1. The summed E-state index contributed by atoms with van der Waals surface area (Å²) in [6, 6.07) is 9.72. The summed E-state index contributed by atoms with van der Waals surface area (Å²) in [5, 5.41) is 2.21. The zero-order valence-electron chi connectivity index (χ0n) is 19.6. The standard InChI is InChI=1S/C25H24BrClN2O6S/c1-3-5-10-35-24(32)18-13-17(7-8-19(18)27)28-22(30)14-29-23(31)21(36-25(29)33)12-15-11-16(26)6-9-20(15)34-4-2/h6-9,11-13H,3-5,10,14H2,1-2H3,(H,28,30)/b21-12+. The van der Waals surface area contributed by atoms with E-state index in [1.165, 1.54) is 18.2 Å². The third kappa shape index (κ3) is 7.11. The number of carbonyl (C=O) groups excluding carboxylic acids is 4. The van der Waals surface area contributed by atoms with Crippen LogP contribution < -0.4 is 10.1 Å². The maximum atomic E-state index is 12.9. The number of ether oxygens (including phenoxy) is 2. The molecule has 1 N–H and O–H groups in total. The van der Waals surface area contributed by atoms with Gasteiger partial charge in [-0.05, 0) is 67.6 Å². The van der Waals surface area contributed by atoms with Gasteiger partial charge in [-0.3, -0.25) is 19.3 Å². The largest absolute Gasteiger partial charge is 0.493 e. The molecule has 8 nitrogen and oxygen atoms in total. The molecule has 1 aliphatic rings. The molecule has 1 fully saturated rings. The van der Waals surface area contributed by atoms with Crippen molar-refractivity contribution in [1.82, 2.24) is 4.90 Å². The molecule has 0 atom stereocenters. The Bertz CT molecular complexity index is 1220. The minimum atomic E-state index is -0.608. The lowest BCUT2D eigenvalue weighted by Crippen LogP contribution is -2.36. The Hall–Kier alpha value is -2.82. The summed E-state index contributed by atoms with van der Waals surface area (Å²) in [7, 11) is 0. The van der Waals surface area contributed by atoms with Crippen LogP contribution in [0.3, 0.4) is 0 Å². The monoisotopic (exact) mass is 594 g/mol. The van der Waals surface area contributed by atoms with Crippen molar-refractivity contribution in [1.29, 1.82) is 0 Å². The number of unbranched alkanes of at least 4 members (excludes halogenated alkanes) is 1. The lowest BCUT2D eigenvalue weighted by Gasteiger charge is -2.13. The third-order valence-corrected chi connectivity index (χ3v) is 6.66. The summed E-state index contributed by atoms with van der Waals surface area (Å²) in [6.07, 6.45) is 3.16. The molecule has 3 rings (SSSR count). The van der Waals surface area contributed by atoms with E-state index in [9.17, 15) is 19.2 Å². The zero-order valence-corrected chi connectivity index (χ0v) is 22.8.